The van der Waals surface area contributed by atoms with Crippen molar-refractivity contribution in [3.8, 4) is 0 Å². The van der Waals surface area contributed by atoms with E-state index in [9.17, 15) is 9.59 Å². The quantitative estimate of drug-likeness (QED) is 0.650. The van der Waals surface area contributed by atoms with Crippen molar-refractivity contribution < 1.29 is 19.8 Å². The van der Waals surface area contributed by atoms with Crippen LogP contribution >= 0.6 is 0 Å². The molecule has 4 nitrogen and oxygen atoms in total. The highest BCUT2D eigenvalue weighted by molar-refractivity contribution is 5.83. The minimum absolute atomic E-state index is 0.472. The van der Waals surface area contributed by atoms with Crippen LogP contribution < -0.4 is 0 Å². The molecule has 0 aromatic heterocycles. The van der Waals surface area contributed by atoms with Crippen LogP contribution in [0, 0.1) is 11.3 Å². The molecule has 2 N–H and O–H groups in total. The Morgan fingerprint density at radius 3 is 2.33 bits per heavy atom. The molecule has 2 atom stereocenters. The molecule has 1 aliphatic rings. The Morgan fingerprint density at radius 1 is 1.42 bits per heavy atom. The van der Waals surface area contributed by atoms with Crippen LogP contribution in [-0.4, -0.2) is 22.2 Å². The molecule has 12 heavy (non-hydrogen) atoms. The Morgan fingerprint density at radius 2 is 2.00 bits per heavy atom. The monoisotopic (exact) mass is 172 g/mol. The van der Waals surface area contributed by atoms with Gasteiger partial charge in [-0.25, -0.2) is 0 Å². The summed E-state index contributed by atoms with van der Waals surface area (Å²) < 4.78 is 0. The van der Waals surface area contributed by atoms with Crippen LogP contribution in [0.3, 0.4) is 0 Å². The molecule has 0 unspecified atom stereocenters. The number of carboxylic acids is 2. The van der Waals surface area contributed by atoms with Crippen LogP contribution in [0.15, 0.2) is 0 Å². The van der Waals surface area contributed by atoms with Crippen molar-refractivity contribution in [2.24, 2.45) is 11.3 Å². The molecule has 0 aliphatic heterocycles. The highest BCUT2D eigenvalue weighted by Crippen LogP contribution is 2.43. The van der Waals surface area contributed by atoms with Gasteiger partial charge < -0.3 is 10.2 Å². The van der Waals surface area contributed by atoms with E-state index in [0.717, 1.165) is 0 Å². The molecule has 0 amide bonds. The highest BCUT2D eigenvalue weighted by atomic mass is 16.4. The Kier molecular flexibility index (Phi) is 2.08. The van der Waals surface area contributed by atoms with Crippen LogP contribution in [0.25, 0.3) is 0 Å². The molecule has 1 fully saturated rings. The first-order valence-electron chi connectivity index (χ1n) is 3.94. The van der Waals surface area contributed by atoms with Crippen molar-refractivity contribution in [1.82, 2.24) is 0 Å². The number of carboxylic acid groups (broad SMARTS) is 2. The molecule has 0 aromatic rings. The summed E-state index contributed by atoms with van der Waals surface area (Å²) in [5.74, 6) is -2.69. The maximum atomic E-state index is 10.8. The van der Waals surface area contributed by atoms with Gasteiger partial charge in [0.1, 0.15) is 0 Å². The minimum Gasteiger partial charge on any atom is -0.481 e. The fourth-order valence-electron chi connectivity index (χ4n) is 1.82. The van der Waals surface area contributed by atoms with Crippen molar-refractivity contribution in [2.75, 3.05) is 0 Å². The molecular weight excluding hydrogens is 160 g/mol. The van der Waals surface area contributed by atoms with Crippen molar-refractivity contribution in [1.29, 1.82) is 0 Å². The summed E-state index contributed by atoms with van der Waals surface area (Å²) in [4.78, 5) is 21.4. The minimum atomic E-state index is -1.05. The zero-order chi connectivity index (χ0) is 9.35. The Balaban J connectivity index is 2.89. The van der Waals surface area contributed by atoms with E-state index in [1.807, 2.05) is 0 Å². The Hall–Kier alpha value is -1.06. The van der Waals surface area contributed by atoms with Gasteiger partial charge in [0.15, 0.2) is 0 Å². The van der Waals surface area contributed by atoms with E-state index >= 15 is 0 Å². The van der Waals surface area contributed by atoms with E-state index in [-0.39, 0.29) is 0 Å². The predicted octanol–water partition coefficient (Wildman–Crippen LogP) is 0.962. The maximum absolute atomic E-state index is 10.8. The average Bonchev–Trinajstić information content (AvgIpc) is 2.32. The molecule has 0 spiro atoms. The van der Waals surface area contributed by atoms with Gasteiger partial charge >= 0.3 is 11.9 Å². The lowest BCUT2D eigenvalue weighted by atomic mass is 9.80. The highest BCUT2D eigenvalue weighted by Gasteiger charge is 2.48. The fraction of sp³-hybridized carbons (Fsp3) is 0.750. The standard InChI is InChI=1S/C8H12O4/c1-8(7(11)12)4-2-3-5(8)6(9)10/h5H,2-4H2,1H3,(H,9,10)(H,11,12)/t5-,8+/m1/s1. The van der Waals surface area contributed by atoms with Gasteiger partial charge in [0.2, 0.25) is 0 Å². The zero-order valence-corrected chi connectivity index (χ0v) is 6.91. The van der Waals surface area contributed by atoms with Gasteiger partial charge in [0.25, 0.3) is 0 Å². The summed E-state index contributed by atoms with van der Waals surface area (Å²) in [5.41, 5.74) is -1.05. The summed E-state index contributed by atoms with van der Waals surface area (Å²) in [7, 11) is 0. The van der Waals surface area contributed by atoms with E-state index in [0.29, 0.717) is 19.3 Å². The molecular formula is C8H12O4. The number of hydrogen-bond donors (Lipinski definition) is 2. The molecule has 0 saturated heterocycles. The van der Waals surface area contributed by atoms with E-state index in [4.69, 9.17) is 10.2 Å². The van der Waals surface area contributed by atoms with Gasteiger partial charge in [-0.3, -0.25) is 9.59 Å². The number of hydrogen-bond acceptors (Lipinski definition) is 2. The first-order valence-corrected chi connectivity index (χ1v) is 3.94. The topological polar surface area (TPSA) is 74.6 Å². The van der Waals surface area contributed by atoms with Crippen molar-refractivity contribution in [3.63, 3.8) is 0 Å². The molecule has 1 saturated carbocycles. The third-order valence-electron chi connectivity index (χ3n) is 2.74. The fourth-order valence-corrected chi connectivity index (χ4v) is 1.82. The second kappa shape index (κ2) is 2.77. The maximum Gasteiger partial charge on any atom is 0.310 e. The Bertz CT molecular complexity index is 223. The second-order valence-electron chi connectivity index (χ2n) is 3.51. The van der Waals surface area contributed by atoms with E-state index in [1.54, 1.807) is 0 Å². The SMILES string of the molecule is C[C@]1(C(=O)O)CCC[C@@H]1C(=O)O. The van der Waals surface area contributed by atoms with Gasteiger partial charge in [0, 0.05) is 0 Å². The summed E-state index contributed by atoms with van der Waals surface area (Å²) in [6, 6.07) is 0. The smallest absolute Gasteiger partial charge is 0.310 e. The molecule has 0 heterocycles. The van der Waals surface area contributed by atoms with Gasteiger partial charge in [-0.2, -0.15) is 0 Å². The number of carbonyl (C=O) groups is 2. The van der Waals surface area contributed by atoms with Gasteiger partial charge in [-0.05, 0) is 19.8 Å². The predicted molar refractivity (Wildman–Crippen MR) is 40.7 cm³/mol. The van der Waals surface area contributed by atoms with Crippen molar-refractivity contribution in [2.45, 2.75) is 26.2 Å². The zero-order valence-electron chi connectivity index (χ0n) is 6.91. The third kappa shape index (κ3) is 1.17. The van der Waals surface area contributed by atoms with E-state index in [1.165, 1.54) is 6.92 Å². The summed E-state index contributed by atoms with van der Waals surface area (Å²) in [6.07, 6.45) is 1.65. The molecule has 1 rings (SSSR count). The molecule has 0 bridgehead atoms. The van der Waals surface area contributed by atoms with Crippen LogP contribution in [0.2, 0.25) is 0 Å². The lowest BCUT2D eigenvalue weighted by Crippen LogP contribution is -2.35. The molecule has 0 radical (unpaired) electrons. The van der Waals surface area contributed by atoms with Crippen LogP contribution in [-0.2, 0) is 9.59 Å². The van der Waals surface area contributed by atoms with Crippen LogP contribution in [0.4, 0.5) is 0 Å². The summed E-state index contributed by atoms with van der Waals surface area (Å²) in [5, 5.41) is 17.6. The second-order valence-corrected chi connectivity index (χ2v) is 3.51. The number of aliphatic carboxylic acids is 2. The van der Waals surface area contributed by atoms with Gasteiger partial charge in [-0.1, -0.05) is 6.42 Å². The van der Waals surface area contributed by atoms with Crippen molar-refractivity contribution in [3.05, 3.63) is 0 Å². The third-order valence-corrected chi connectivity index (χ3v) is 2.74. The van der Waals surface area contributed by atoms with Gasteiger partial charge in [-0.15, -0.1) is 0 Å². The molecule has 68 valence electrons. The first-order chi connectivity index (χ1) is 5.48. The Labute approximate surface area is 70.2 Å². The lowest BCUT2D eigenvalue weighted by molar-refractivity contribution is -0.159. The normalized spacial score (nSPS) is 34.9. The first kappa shape index (κ1) is 9.03. The number of rotatable bonds is 2. The molecule has 0 aromatic carbocycles. The summed E-state index contributed by atoms with van der Waals surface area (Å²) in [6.45, 7) is 1.52. The molecule has 4 heteroatoms. The van der Waals surface area contributed by atoms with Gasteiger partial charge in [0.05, 0.1) is 11.3 Å². The lowest BCUT2D eigenvalue weighted by Gasteiger charge is -2.22. The average molecular weight is 172 g/mol. The van der Waals surface area contributed by atoms with E-state index in [2.05, 4.69) is 0 Å². The van der Waals surface area contributed by atoms with E-state index < -0.39 is 23.3 Å². The largest absolute Gasteiger partial charge is 0.481 e. The van der Waals surface area contributed by atoms with Crippen LogP contribution in [0.5, 0.6) is 0 Å². The van der Waals surface area contributed by atoms with Crippen molar-refractivity contribution >= 4 is 11.9 Å². The van der Waals surface area contributed by atoms with Crippen LogP contribution in [0.1, 0.15) is 26.2 Å². The molecule has 1 aliphatic carbocycles. The summed E-state index contributed by atoms with van der Waals surface area (Å²) >= 11 is 0.